The molecule has 3 aromatic rings. The number of nitrogens with zero attached hydrogens (tertiary/aromatic N) is 4. The van der Waals surface area contributed by atoms with Crippen molar-refractivity contribution in [3.63, 3.8) is 0 Å². The van der Waals surface area contributed by atoms with Crippen LogP contribution in [0.1, 0.15) is 27.3 Å². The maximum atomic E-state index is 14.2. The molecule has 1 amide bonds. The molecule has 0 aliphatic carbocycles. The van der Waals surface area contributed by atoms with E-state index in [2.05, 4.69) is 10.2 Å². The van der Waals surface area contributed by atoms with Gasteiger partial charge in [0.15, 0.2) is 5.82 Å². The van der Waals surface area contributed by atoms with E-state index >= 15 is 0 Å². The average molecular weight is 391 g/mol. The predicted octanol–water partition coefficient (Wildman–Crippen LogP) is 1.79. The van der Waals surface area contributed by atoms with Crippen molar-refractivity contribution >= 4 is 15.9 Å². The zero-order chi connectivity index (χ0) is 19.9. The molecule has 1 aromatic carbocycles. The van der Waals surface area contributed by atoms with E-state index in [9.17, 15) is 17.6 Å². The summed E-state index contributed by atoms with van der Waals surface area (Å²) in [6.07, 6.45) is 1.64. The maximum absolute atomic E-state index is 14.2. The van der Waals surface area contributed by atoms with Gasteiger partial charge in [0.2, 0.25) is 0 Å². The Hall–Kier alpha value is -3.01. The Morgan fingerprint density at radius 2 is 1.85 bits per heavy atom. The van der Waals surface area contributed by atoms with Crippen LogP contribution in [0.2, 0.25) is 0 Å². The van der Waals surface area contributed by atoms with Crippen LogP contribution in [0.3, 0.4) is 0 Å². The van der Waals surface area contributed by atoms with Crippen LogP contribution in [0.25, 0.3) is 5.82 Å². The van der Waals surface area contributed by atoms with Crippen LogP contribution in [-0.4, -0.2) is 33.9 Å². The molecule has 142 valence electrons. The molecule has 0 saturated heterocycles. The third-order valence-electron chi connectivity index (χ3n) is 4.03. The van der Waals surface area contributed by atoms with Gasteiger partial charge in [-0.25, -0.2) is 26.9 Å². The molecule has 0 unspecified atom stereocenters. The molecule has 27 heavy (non-hydrogen) atoms. The third-order valence-corrected chi connectivity index (χ3v) is 5.38. The van der Waals surface area contributed by atoms with Crippen molar-refractivity contribution in [2.24, 2.45) is 7.05 Å². The first-order chi connectivity index (χ1) is 12.6. The number of hydrogen-bond donors (Lipinski definition) is 1. The van der Waals surface area contributed by atoms with Gasteiger partial charge in [-0.15, -0.1) is 0 Å². The summed E-state index contributed by atoms with van der Waals surface area (Å²) in [5, 5.41) is 8.42. The Labute approximate surface area is 155 Å². The van der Waals surface area contributed by atoms with Crippen LogP contribution in [-0.2, 0) is 17.1 Å². The zero-order valence-corrected chi connectivity index (χ0v) is 16.0. The quantitative estimate of drug-likeness (QED) is 0.731. The lowest BCUT2D eigenvalue weighted by Gasteiger charge is -2.10. The highest BCUT2D eigenvalue weighted by Crippen LogP contribution is 2.21. The lowest BCUT2D eigenvalue weighted by Crippen LogP contribution is -2.32. The van der Waals surface area contributed by atoms with E-state index in [1.165, 1.54) is 28.4 Å². The molecule has 0 radical (unpaired) electrons. The van der Waals surface area contributed by atoms with Gasteiger partial charge in [0.25, 0.3) is 15.9 Å². The molecule has 3 rings (SSSR count). The Balaban J connectivity index is 2.04. The smallest absolute Gasteiger partial charge is 0.268 e. The van der Waals surface area contributed by atoms with Crippen LogP contribution in [0.5, 0.6) is 0 Å². The summed E-state index contributed by atoms with van der Waals surface area (Å²) in [4.78, 5) is 12.2. The van der Waals surface area contributed by atoms with Crippen molar-refractivity contribution in [2.75, 3.05) is 0 Å². The largest absolute Gasteiger partial charge is 0.270 e. The number of sulfonamides is 1. The number of aryl methyl sites for hydroxylation is 4. The summed E-state index contributed by atoms with van der Waals surface area (Å²) in [6, 6.07) is 5.69. The van der Waals surface area contributed by atoms with Gasteiger partial charge >= 0.3 is 0 Å². The van der Waals surface area contributed by atoms with E-state index in [1.807, 2.05) is 4.72 Å². The van der Waals surface area contributed by atoms with E-state index in [0.717, 1.165) is 11.8 Å². The van der Waals surface area contributed by atoms with E-state index < -0.39 is 26.6 Å². The van der Waals surface area contributed by atoms with Gasteiger partial charge in [0.1, 0.15) is 16.3 Å². The second kappa shape index (κ2) is 6.62. The molecule has 0 aliphatic heterocycles. The number of nitrogens with one attached hydrogen (secondary N) is 1. The minimum absolute atomic E-state index is 0.0391. The average Bonchev–Trinajstić information content (AvgIpc) is 3.11. The van der Waals surface area contributed by atoms with Gasteiger partial charge < -0.3 is 0 Å². The van der Waals surface area contributed by atoms with Crippen molar-refractivity contribution in [1.29, 1.82) is 0 Å². The van der Waals surface area contributed by atoms with Crippen molar-refractivity contribution in [1.82, 2.24) is 24.3 Å². The van der Waals surface area contributed by atoms with Crippen LogP contribution >= 0.6 is 0 Å². The molecule has 0 aliphatic rings. The van der Waals surface area contributed by atoms with E-state index in [1.54, 1.807) is 33.2 Å². The number of amides is 1. The fraction of sp³-hybridized carbons (Fsp3) is 0.235. The maximum Gasteiger partial charge on any atom is 0.270 e. The van der Waals surface area contributed by atoms with Crippen molar-refractivity contribution < 1.29 is 17.6 Å². The molecular formula is C17H18FN5O3S. The number of carbonyl (C=O) groups excluding carboxylic acids is 1. The van der Waals surface area contributed by atoms with Crippen LogP contribution in [0.4, 0.5) is 4.39 Å². The number of benzene rings is 1. The van der Waals surface area contributed by atoms with Crippen molar-refractivity contribution in [3.8, 4) is 5.82 Å². The lowest BCUT2D eigenvalue weighted by atomic mass is 10.2. The molecule has 10 heteroatoms. The summed E-state index contributed by atoms with van der Waals surface area (Å²) in [7, 11) is -2.79. The first kappa shape index (κ1) is 18.8. The molecule has 0 spiro atoms. The first-order valence-electron chi connectivity index (χ1n) is 8.00. The first-order valence-corrected chi connectivity index (χ1v) is 9.48. The Morgan fingerprint density at radius 1 is 1.15 bits per heavy atom. The fourth-order valence-corrected chi connectivity index (χ4v) is 3.87. The predicted molar refractivity (Wildman–Crippen MR) is 95.6 cm³/mol. The monoisotopic (exact) mass is 391 g/mol. The summed E-state index contributed by atoms with van der Waals surface area (Å²) in [6.45, 7) is 4.80. The summed E-state index contributed by atoms with van der Waals surface area (Å²) in [5.41, 5.74) is 1.24. The molecule has 2 aromatic heterocycles. The third kappa shape index (κ3) is 3.35. The minimum atomic E-state index is -4.40. The molecule has 0 atom stereocenters. The van der Waals surface area contributed by atoms with Gasteiger partial charge in [0, 0.05) is 13.2 Å². The number of hydrogen-bond acceptors (Lipinski definition) is 5. The van der Waals surface area contributed by atoms with Gasteiger partial charge in [-0.05, 0) is 38.5 Å². The summed E-state index contributed by atoms with van der Waals surface area (Å²) < 4.78 is 44.1. The second-order valence-corrected chi connectivity index (χ2v) is 7.78. The number of rotatable bonds is 4. The lowest BCUT2D eigenvalue weighted by molar-refractivity contribution is 0.0980. The normalized spacial score (nSPS) is 11.6. The highest BCUT2D eigenvalue weighted by Gasteiger charge is 2.28. The second-order valence-electron chi connectivity index (χ2n) is 6.13. The Bertz CT molecular complexity index is 1150. The number of aromatic nitrogens is 4. The minimum Gasteiger partial charge on any atom is -0.268 e. The topological polar surface area (TPSA) is 98.9 Å². The van der Waals surface area contributed by atoms with E-state index in [0.29, 0.717) is 11.5 Å². The fourth-order valence-electron chi connectivity index (χ4n) is 2.76. The van der Waals surface area contributed by atoms with Gasteiger partial charge in [-0.2, -0.15) is 10.2 Å². The molecule has 0 bridgehead atoms. The SMILES string of the molecule is Cc1ccn(-c2c(C(=O)NS(=O)(=O)c3cccc(C)c3F)c(C)nn2C)n1. The molecule has 0 saturated carbocycles. The number of carbonyl (C=O) groups is 1. The number of halogens is 1. The summed E-state index contributed by atoms with van der Waals surface area (Å²) in [5.74, 6) is -1.51. The Kier molecular flexibility index (Phi) is 4.60. The van der Waals surface area contributed by atoms with Crippen LogP contribution < -0.4 is 4.72 Å². The van der Waals surface area contributed by atoms with Gasteiger partial charge in [0.05, 0.1) is 11.4 Å². The van der Waals surface area contributed by atoms with E-state index in [4.69, 9.17) is 0 Å². The standard InChI is InChI=1S/C17H18FN5O3S/c1-10-6-5-7-13(15(10)18)27(25,26)21-16(24)14-12(3)20-22(4)17(14)23-9-8-11(2)19-23/h5-9H,1-4H3,(H,21,24). The molecule has 1 N–H and O–H groups in total. The van der Waals surface area contributed by atoms with Gasteiger partial charge in [-0.1, -0.05) is 12.1 Å². The van der Waals surface area contributed by atoms with Crippen molar-refractivity contribution in [2.45, 2.75) is 25.7 Å². The van der Waals surface area contributed by atoms with Crippen LogP contribution in [0.15, 0.2) is 35.4 Å². The molecule has 2 heterocycles. The van der Waals surface area contributed by atoms with E-state index in [-0.39, 0.29) is 11.1 Å². The molecular weight excluding hydrogens is 373 g/mol. The highest BCUT2D eigenvalue weighted by molar-refractivity contribution is 7.90. The zero-order valence-electron chi connectivity index (χ0n) is 15.2. The highest BCUT2D eigenvalue weighted by atomic mass is 32.2. The van der Waals surface area contributed by atoms with Crippen LogP contribution in [0, 0.1) is 26.6 Å². The van der Waals surface area contributed by atoms with Gasteiger partial charge in [-0.3, -0.25) is 4.79 Å². The molecule has 8 nitrogen and oxygen atoms in total. The Morgan fingerprint density at radius 3 is 2.48 bits per heavy atom. The summed E-state index contributed by atoms with van der Waals surface area (Å²) >= 11 is 0. The molecule has 0 fully saturated rings. The van der Waals surface area contributed by atoms with Crippen molar-refractivity contribution in [3.05, 3.63) is 58.8 Å².